The maximum atomic E-state index is 11.1. The van der Waals surface area contributed by atoms with Crippen LogP contribution in [0.5, 0.6) is 5.06 Å². The number of ether oxygens (including phenoxy) is 1. The van der Waals surface area contributed by atoms with E-state index in [4.69, 9.17) is 26.9 Å². The third-order valence-electron chi connectivity index (χ3n) is 4.64. The lowest BCUT2D eigenvalue weighted by atomic mass is 10.0. The fraction of sp³-hybridized carbons (Fsp3) is 0.529. The zero-order chi connectivity index (χ0) is 18.0. The summed E-state index contributed by atoms with van der Waals surface area (Å²) in [6, 6.07) is 2.42. The number of nitrogens with zero attached hydrogens (tertiary/aromatic N) is 2. The van der Waals surface area contributed by atoms with E-state index in [1.165, 1.54) is 17.8 Å². The topological polar surface area (TPSA) is 120 Å². The van der Waals surface area contributed by atoms with Crippen LogP contribution in [0.3, 0.4) is 0 Å². The van der Waals surface area contributed by atoms with Crippen LogP contribution in [0.4, 0.5) is 16.3 Å². The highest BCUT2D eigenvalue weighted by Crippen LogP contribution is 2.42. The Balaban J connectivity index is 2.10. The van der Waals surface area contributed by atoms with Gasteiger partial charge in [-0.2, -0.15) is 0 Å². The predicted molar refractivity (Wildman–Crippen MR) is 102 cm³/mol. The number of pyridine rings is 1. The molecule has 6 N–H and O–H groups in total. The SMILES string of the molecule is CCCc1cc(N2CCCCC2CN)nc2sc(OC(N)=O)c(N)c12. The molecule has 1 aliphatic rings. The number of fused-ring (bicyclic) bond motifs is 1. The summed E-state index contributed by atoms with van der Waals surface area (Å²) in [6.45, 7) is 3.70. The number of hydrogen-bond acceptors (Lipinski definition) is 7. The fourth-order valence-corrected chi connectivity index (χ4v) is 4.49. The predicted octanol–water partition coefficient (Wildman–Crippen LogP) is 2.61. The summed E-state index contributed by atoms with van der Waals surface area (Å²) in [5.74, 6) is 0.929. The number of amides is 1. The number of primary amides is 1. The third kappa shape index (κ3) is 3.50. The molecule has 1 amide bonds. The monoisotopic (exact) mass is 363 g/mol. The fourth-order valence-electron chi connectivity index (χ4n) is 3.49. The first kappa shape index (κ1) is 17.8. The highest BCUT2D eigenvalue weighted by Gasteiger charge is 2.25. The van der Waals surface area contributed by atoms with E-state index in [1.807, 2.05) is 0 Å². The van der Waals surface area contributed by atoms with Crippen molar-refractivity contribution in [2.75, 3.05) is 23.7 Å². The number of anilines is 2. The summed E-state index contributed by atoms with van der Waals surface area (Å²) in [4.78, 5) is 19.0. The van der Waals surface area contributed by atoms with E-state index in [0.717, 1.165) is 53.8 Å². The maximum Gasteiger partial charge on any atom is 0.410 e. The average Bonchev–Trinajstić information content (AvgIpc) is 2.90. The van der Waals surface area contributed by atoms with Gasteiger partial charge in [-0.1, -0.05) is 24.7 Å². The smallest absolute Gasteiger partial charge is 0.397 e. The van der Waals surface area contributed by atoms with Crippen LogP contribution in [0.2, 0.25) is 0 Å². The van der Waals surface area contributed by atoms with Gasteiger partial charge in [-0.25, -0.2) is 9.78 Å². The van der Waals surface area contributed by atoms with Crippen molar-refractivity contribution in [3.63, 3.8) is 0 Å². The second kappa shape index (κ2) is 7.45. The quantitative estimate of drug-likeness (QED) is 0.751. The maximum absolute atomic E-state index is 11.1. The molecule has 136 valence electrons. The van der Waals surface area contributed by atoms with E-state index in [0.29, 0.717) is 23.3 Å². The summed E-state index contributed by atoms with van der Waals surface area (Å²) in [6.07, 6.45) is 4.42. The van der Waals surface area contributed by atoms with E-state index in [-0.39, 0.29) is 0 Å². The number of aryl methyl sites for hydroxylation is 1. The summed E-state index contributed by atoms with van der Waals surface area (Å²) in [5.41, 5.74) is 18.9. The Morgan fingerprint density at radius 3 is 2.96 bits per heavy atom. The molecule has 8 heteroatoms. The van der Waals surface area contributed by atoms with Crippen LogP contribution in [0, 0.1) is 0 Å². The Hall–Kier alpha value is -2.06. The zero-order valence-corrected chi connectivity index (χ0v) is 15.3. The Kier molecular flexibility index (Phi) is 5.29. The molecule has 3 heterocycles. The Morgan fingerprint density at radius 1 is 1.48 bits per heavy atom. The van der Waals surface area contributed by atoms with Crippen molar-refractivity contribution in [3.8, 4) is 5.06 Å². The van der Waals surface area contributed by atoms with Crippen molar-refractivity contribution in [1.29, 1.82) is 0 Å². The van der Waals surface area contributed by atoms with Crippen molar-refractivity contribution < 1.29 is 9.53 Å². The minimum Gasteiger partial charge on any atom is -0.397 e. The van der Waals surface area contributed by atoms with Gasteiger partial charge in [0.15, 0.2) is 0 Å². The van der Waals surface area contributed by atoms with Crippen LogP contribution in [-0.2, 0) is 6.42 Å². The molecule has 3 rings (SSSR count). The molecule has 1 fully saturated rings. The first-order chi connectivity index (χ1) is 12.0. The molecule has 0 saturated carbocycles. The molecule has 0 aromatic carbocycles. The van der Waals surface area contributed by atoms with E-state index in [2.05, 4.69) is 17.9 Å². The van der Waals surface area contributed by atoms with Crippen LogP contribution in [0.1, 0.15) is 38.2 Å². The number of thiophene rings is 1. The molecule has 0 radical (unpaired) electrons. The molecule has 1 atom stereocenters. The molecule has 0 spiro atoms. The van der Waals surface area contributed by atoms with Crippen LogP contribution in [0.15, 0.2) is 6.07 Å². The number of hydrogen-bond donors (Lipinski definition) is 3. The van der Waals surface area contributed by atoms with Crippen LogP contribution in [-0.4, -0.2) is 30.2 Å². The summed E-state index contributed by atoms with van der Waals surface area (Å²) in [7, 11) is 0. The van der Waals surface area contributed by atoms with Gasteiger partial charge in [-0.15, -0.1) is 0 Å². The molecule has 2 aromatic rings. The lowest BCUT2D eigenvalue weighted by Crippen LogP contribution is -2.44. The van der Waals surface area contributed by atoms with Crippen molar-refractivity contribution in [2.45, 2.75) is 45.1 Å². The van der Waals surface area contributed by atoms with Crippen molar-refractivity contribution >= 4 is 39.2 Å². The van der Waals surface area contributed by atoms with Gasteiger partial charge in [0.25, 0.3) is 0 Å². The number of nitrogens with two attached hydrogens (primary N) is 3. The van der Waals surface area contributed by atoms with Gasteiger partial charge in [0.05, 0.1) is 5.69 Å². The molecule has 1 saturated heterocycles. The van der Waals surface area contributed by atoms with Gasteiger partial charge in [0, 0.05) is 24.5 Å². The second-order valence-corrected chi connectivity index (χ2v) is 7.33. The number of aromatic nitrogens is 1. The highest BCUT2D eigenvalue weighted by molar-refractivity contribution is 7.21. The number of rotatable bonds is 5. The molecule has 0 bridgehead atoms. The Labute approximate surface area is 151 Å². The molecule has 1 aliphatic heterocycles. The van der Waals surface area contributed by atoms with Gasteiger partial charge < -0.3 is 26.8 Å². The van der Waals surface area contributed by atoms with Crippen molar-refractivity contribution in [1.82, 2.24) is 4.98 Å². The first-order valence-electron chi connectivity index (χ1n) is 8.71. The number of carbonyl (C=O) groups is 1. The highest BCUT2D eigenvalue weighted by atomic mass is 32.1. The van der Waals surface area contributed by atoms with Gasteiger partial charge >= 0.3 is 6.09 Å². The largest absolute Gasteiger partial charge is 0.410 e. The lowest BCUT2D eigenvalue weighted by molar-refractivity contribution is 0.212. The van der Waals surface area contributed by atoms with Gasteiger partial charge in [0.2, 0.25) is 5.06 Å². The lowest BCUT2D eigenvalue weighted by Gasteiger charge is -2.36. The van der Waals surface area contributed by atoms with Crippen LogP contribution < -0.4 is 26.8 Å². The molecule has 1 unspecified atom stereocenters. The standard InChI is InChI=1S/C17H25N5O2S/c1-2-5-10-8-12(22-7-4-3-6-11(22)9-18)21-15-13(10)14(19)16(25-15)24-17(20)23/h8,11H,2-7,9,18-19H2,1H3,(H2,20,23). The zero-order valence-electron chi connectivity index (χ0n) is 14.5. The third-order valence-corrected chi connectivity index (χ3v) is 5.62. The van der Waals surface area contributed by atoms with E-state index in [9.17, 15) is 4.79 Å². The first-order valence-corrected chi connectivity index (χ1v) is 9.52. The number of carbonyl (C=O) groups excluding carboxylic acids is 1. The van der Waals surface area contributed by atoms with E-state index in [1.54, 1.807) is 0 Å². The van der Waals surface area contributed by atoms with E-state index >= 15 is 0 Å². The summed E-state index contributed by atoms with van der Waals surface area (Å²) in [5, 5.41) is 1.19. The Morgan fingerprint density at radius 2 is 2.28 bits per heavy atom. The van der Waals surface area contributed by atoms with Crippen molar-refractivity contribution in [3.05, 3.63) is 11.6 Å². The van der Waals surface area contributed by atoms with Crippen LogP contribution >= 0.6 is 11.3 Å². The molecular formula is C17H25N5O2S. The van der Waals surface area contributed by atoms with Gasteiger partial charge in [-0.05, 0) is 37.3 Å². The number of nitrogen functional groups attached to an aromatic ring is 1. The molecule has 25 heavy (non-hydrogen) atoms. The Bertz CT molecular complexity index is 776. The summed E-state index contributed by atoms with van der Waals surface area (Å²) >= 11 is 1.26. The minimum absolute atomic E-state index is 0.312. The molecule has 0 aliphatic carbocycles. The van der Waals surface area contributed by atoms with Crippen molar-refractivity contribution in [2.24, 2.45) is 11.5 Å². The molecule has 7 nitrogen and oxygen atoms in total. The average molecular weight is 363 g/mol. The summed E-state index contributed by atoms with van der Waals surface area (Å²) < 4.78 is 5.05. The second-order valence-electron chi connectivity index (χ2n) is 6.37. The minimum atomic E-state index is -0.866. The normalized spacial score (nSPS) is 17.8. The van der Waals surface area contributed by atoms with E-state index < -0.39 is 6.09 Å². The molecular weight excluding hydrogens is 338 g/mol. The van der Waals surface area contributed by atoms with Gasteiger partial charge in [0.1, 0.15) is 10.6 Å². The van der Waals surface area contributed by atoms with Crippen LogP contribution in [0.25, 0.3) is 10.2 Å². The van der Waals surface area contributed by atoms with Gasteiger partial charge in [-0.3, -0.25) is 0 Å². The number of piperidine rings is 1. The molecule has 2 aromatic heterocycles.